The van der Waals surface area contributed by atoms with Crippen molar-refractivity contribution >= 4 is 5.69 Å². The van der Waals surface area contributed by atoms with Gasteiger partial charge in [-0.3, -0.25) is 0 Å². The fraction of sp³-hybridized carbons (Fsp3) is 0.412. The second kappa shape index (κ2) is 7.75. The molecule has 0 amide bonds. The van der Waals surface area contributed by atoms with Crippen molar-refractivity contribution in [1.29, 1.82) is 0 Å². The van der Waals surface area contributed by atoms with Gasteiger partial charge in [0.1, 0.15) is 0 Å². The average molecular weight is 243 g/mol. The van der Waals surface area contributed by atoms with E-state index in [9.17, 15) is 0 Å². The van der Waals surface area contributed by atoms with Crippen LogP contribution in [0.25, 0.3) is 0 Å². The standard InChI is InChI=1S/C17H25N/c1-15(2)9-8-10-16(3)13-14-18(4)17-11-6-5-7-12-17/h5-7,9,11-13H,8,10,14H2,1-4H3/b16-13+. The summed E-state index contributed by atoms with van der Waals surface area (Å²) < 4.78 is 0. The molecule has 98 valence electrons. The maximum atomic E-state index is 2.33. The molecule has 1 rings (SSSR count). The van der Waals surface area contributed by atoms with Crippen molar-refractivity contribution in [3.05, 3.63) is 53.6 Å². The molecule has 0 bridgehead atoms. The lowest BCUT2D eigenvalue weighted by Crippen LogP contribution is -2.16. The molecule has 1 aromatic carbocycles. The molecule has 18 heavy (non-hydrogen) atoms. The van der Waals surface area contributed by atoms with Crippen LogP contribution < -0.4 is 4.90 Å². The minimum absolute atomic E-state index is 0.977. The average Bonchev–Trinajstić information content (AvgIpc) is 2.36. The molecule has 0 unspecified atom stereocenters. The molecule has 0 spiro atoms. The predicted molar refractivity (Wildman–Crippen MR) is 82.1 cm³/mol. The van der Waals surface area contributed by atoms with Gasteiger partial charge in [0.15, 0.2) is 0 Å². The molecular formula is C17H25N. The molecule has 0 saturated carbocycles. The lowest BCUT2D eigenvalue weighted by Gasteiger charge is -2.17. The van der Waals surface area contributed by atoms with E-state index in [0.717, 1.165) is 19.4 Å². The first-order valence-corrected chi connectivity index (χ1v) is 6.65. The van der Waals surface area contributed by atoms with Crippen molar-refractivity contribution in [2.24, 2.45) is 0 Å². The van der Waals surface area contributed by atoms with Crippen LogP contribution in [-0.2, 0) is 0 Å². The largest absolute Gasteiger partial charge is 0.371 e. The molecule has 0 heterocycles. The lowest BCUT2D eigenvalue weighted by molar-refractivity contribution is 0.941. The summed E-state index contributed by atoms with van der Waals surface area (Å²) in [5, 5.41) is 0. The number of likely N-dealkylation sites (N-methyl/N-ethyl adjacent to an activating group) is 1. The third-order valence-electron chi connectivity index (χ3n) is 3.00. The van der Waals surface area contributed by atoms with E-state index in [1.807, 2.05) is 0 Å². The second-order valence-electron chi connectivity index (χ2n) is 5.09. The van der Waals surface area contributed by atoms with Gasteiger partial charge in [0, 0.05) is 19.3 Å². The summed E-state index contributed by atoms with van der Waals surface area (Å²) in [5.74, 6) is 0. The van der Waals surface area contributed by atoms with E-state index in [0.29, 0.717) is 0 Å². The van der Waals surface area contributed by atoms with Gasteiger partial charge in [0.25, 0.3) is 0 Å². The Bertz CT molecular complexity index is 397. The van der Waals surface area contributed by atoms with Crippen molar-refractivity contribution in [2.45, 2.75) is 33.6 Å². The number of anilines is 1. The van der Waals surface area contributed by atoms with Crippen LogP contribution in [0.4, 0.5) is 5.69 Å². The van der Waals surface area contributed by atoms with Gasteiger partial charge in [-0.05, 0) is 45.7 Å². The highest BCUT2D eigenvalue weighted by Crippen LogP contribution is 2.12. The zero-order chi connectivity index (χ0) is 13.4. The van der Waals surface area contributed by atoms with E-state index >= 15 is 0 Å². The van der Waals surface area contributed by atoms with Crippen molar-refractivity contribution in [3.63, 3.8) is 0 Å². The Morgan fingerprint density at radius 2 is 1.72 bits per heavy atom. The van der Waals surface area contributed by atoms with Crippen LogP contribution in [0.2, 0.25) is 0 Å². The Morgan fingerprint density at radius 3 is 2.33 bits per heavy atom. The fourth-order valence-electron chi connectivity index (χ4n) is 1.77. The Morgan fingerprint density at radius 1 is 1.06 bits per heavy atom. The van der Waals surface area contributed by atoms with E-state index in [-0.39, 0.29) is 0 Å². The van der Waals surface area contributed by atoms with Crippen molar-refractivity contribution in [1.82, 2.24) is 0 Å². The monoisotopic (exact) mass is 243 g/mol. The highest BCUT2D eigenvalue weighted by molar-refractivity contribution is 5.45. The summed E-state index contributed by atoms with van der Waals surface area (Å²) >= 11 is 0. The number of para-hydroxylation sites is 1. The first kappa shape index (κ1) is 14.6. The van der Waals surface area contributed by atoms with Crippen molar-refractivity contribution in [3.8, 4) is 0 Å². The third-order valence-corrected chi connectivity index (χ3v) is 3.00. The van der Waals surface area contributed by atoms with Crippen LogP contribution in [0.1, 0.15) is 33.6 Å². The normalized spacial score (nSPS) is 11.2. The van der Waals surface area contributed by atoms with Crippen LogP contribution in [0.3, 0.4) is 0 Å². The molecule has 0 radical (unpaired) electrons. The molecule has 0 N–H and O–H groups in total. The summed E-state index contributed by atoms with van der Waals surface area (Å²) in [6.07, 6.45) is 6.94. The molecular weight excluding hydrogens is 218 g/mol. The molecule has 0 aliphatic heterocycles. The quantitative estimate of drug-likeness (QED) is 0.648. The van der Waals surface area contributed by atoms with Crippen molar-refractivity contribution in [2.75, 3.05) is 18.5 Å². The molecule has 0 saturated heterocycles. The number of nitrogens with zero attached hydrogens (tertiary/aromatic N) is 1. The number of hydrogen-bond donors (Lipinski definition) is 0. The number of rotatable bonds is 6. The summed E-state index contributed by atoms with van der Waals surface area (Å²) in [7, 11) is 2.13. The zero-order valence-electron chi connectivity index (χ0n) is 12.1. The minimum Gasteiger partial charge on any atom is -0.371 e. The molecule has 1 aromatic rings. The second-order valence-corrected chi connectivity index (χ2v) is 5.09. The van der Waals surface area contributed by atoms with Crippen molar-refractivity contribution < 1.29 is 0 Å². The Kier molecular flexibility index (Phi) is 6.27. The van der Waals surface area contributed by atoms with E-state index < -0.39 is 0 Å². The highest BCUT2D eigenvalue weighted by atomic mass is 15.1. The van der Waals surface area contributed by atoms with Crippen LogP contribution in [-0.4, -0.2) is 13.6 Å². The van der Waals surface area contributed by atoms with Gasteiger partial charge in [-0.1, -0.05) is 41.5 Å². The number of benzene rings is 1. The van der Waals surface area contributed by atoms with Gasteiger partial charge >= 0.3 is 0 Å². The van der Waals surface area contributed by atoms with E-state index in [1.54, 1.807) is 0 Å². The smallest absolute Gasteiger partial charge is 0.0366 e. The van der Waals surface area contributed by atoms with E-state index in [1.165, 1.54) is 16.8 Å². The fourth-order valence-corrected chi connectivity index (χ4v) is 1.77. The topological polar surface area (TPSA) is 3.24 Å². The number of allylic oxidation sites excluding steroid dienone is 3. The highest BCUT2D eigenvalue weighted by Gasteiger charge is 1.97. The molecule has 0 fully saturated rings. The Labute approximate surface area is 112 Å². The van der Waals surface area contributed by atoms with Crippen LogP contribution >= 0.6 is 0 Å². The molecule has 0 atom stereocenters. The summed E-state index contributed by atoms with van der Waals surface area (Å²) in [5.41, 5.74) is 4.14. The maximum absolute atomic E-state index is 2.33. The van der Waals surface area contributed by atoms with Gasteiger partial charge in [0.05, 0.1) is 0 Å². The van der Waals surface area contributed by atoms with Gasteiger partial charge in [-0.2, -0.15) is 0 Å². The van der Waals surface area contributed by atoms with Crippen LogP contribution in [0.5, 0.6) is 0 Å². The summed E-state index contributed by atoms with van der Waals surface area (Å²) in [6, 6.07) is 10.5. The third kappa shape index (κ3) is 5.72. The van der Waals surface area contributed by atoms with Crippen LogP contribution in [0, 0.1) is 0 Å². The maximum Gasteiger partial charge on any atom is 0.0366 e. The molecule has 1 heteroatoms. The predicted octanol–water partition coefficient (Wildman–Crippen LogP) is 4.82. The van der Waals surface area contributed by atoms with Gasteiger partial charge in [-0.25, -0.2) is 0 Å². The molecule has 0 aromatic heterocycles. The SMILES string of the molecule is CC(C)=CCC/C(C)=C/CN(C)c1ccccc1. The molecule has 0 aliphatic carbocycles. The van der Waals surface area contributed by atoms with Gasteiger partial charge in [0.2, 0.25) is 0 Å². The zero-order valence-corrected chi connectivity index (χ0v) is 12.1. The van der Waals surface area contributed by atoms with Crippen LogP contribution in [0.15, 0.2) is 53.6 Å². The Balaban J connectivity index is 2.41. The molecule has 1 nitrogen and oxygen atoms in total. The van der Waals surface area contributed by atoms with E-state index in [4.69, 9.17) is 0 Å². The molecule has 0 aliphatic rings. The minimum atomic E-state index is 0.977. The summed E-state index contributed by atoms with van der Waals surface area (Å²) in [6.45, 7) is 7.51. The van der Waals surface area contributed by atoms with Gasteiger partial charge < -0.3 is 4.90 Å². The first-order valence-electron chi connectivity index (χ1n) is 6.65. The number of hydrogen-bond acceptors (Lipinski definition) is 1. The Hall–Kier alpha value is -1.50. The summed E-state index contributed by atoms with van der Waals surface area (Å²) in [4.78, 5) is 2.27. The first-order chi connectivity index (χ1) is 8.59. The van der Waals surface area contributed by atoms with Gasteiger partial charge in [-0.15, -0.1) is 0 Å². The van der Waals surface area contributed by atoms with E-state index in [2.05, 4.69) is 75.2 Å². The lowest BCUT2D eigenvalue weighted by atomic mass is 10.1.